The van der Waals surface area contributed by atoms with Crippen LogP contribution < -0.4 is 20.6 Å². The molecule has 0 radical (unpaired) electrons. The van der Waals surface area contributed by atoms with Gasteiger partial charge in [-0.05, 0) is 48.9 Å². The summed E-state index contributed by atoms with van der Waals surface area (Å²) in [6.45, 7) is 2.19. The molecule has 1 aromatic heterocycles. The summed E-state index contributed by atoms with van der Waals surface area (Å²) >= 11 is 0. The lowest BCUT2D eigenvalue weighted by Crippen LogP contribution is -2.37. The predicted molar refractivity (Wildman–Crippen MR) is 107 cm³/mol. The summed E-state index contributed by atoms with van der Waals surface area (Å²) in [4.78, 5) is 11.9. The van der Waals surface area contributed by atoms with Crippen molar-refractivity contribution in [3.8, 4) is 17.2 Å². The fourth-order valence-corrected chi connectivity index (χ4v) is 2.74. The van der Waals surface area contributed by atoms with E-state index >= 15 is 0 Å². The monoisotopic (exact) mass is 381 g/mol. The van der Waals surface area contributed by atoms with E-state index in [1.807, 2.05) is 43.5 Å². The first kappa shape index (κ1) is 19.2. The first-order valence-corrected chi connectivity index (χ1v) is 8.68. The number of anilines is 1. The average molecular weight is 381 g/mol. The summed E-state index contributed by atoms with van der Waals surface area (Å²) in [5.41, 5.74) is 3.21. The van der Waals surface area contributed by atoms with Crippen molar-refractivity contribution in [2.24, 2.45) is 5.84 Å². The van der Waals surface area contributed by atoms with Gasteiger partial charge in [-0.2, -0.15) is 5.10 Å². The van der Waals surface area contributed by atoms with E-state index < -0.39 is 6.03 Å². The summed E-state index contributed by atoms with van der Waals surface area (Å²) in [7, 11) is 3.04. The highest BCUT2D eigenvalue weighted by Gasteiger charge is 2.14. The van der Waals surface area contributed by atoms with Gasteiger partial charge in [-0.3, -0.25) is 5.01 Å². The number of methoxy groups -OCH3 is 1. The van der Waals surface area contributed by atoms with Crippen LogP contribution in [0.25, 0.3) is 5.69 Å². The maximum atomic E-state index is 11.9. The molecule has 3 aromatic rings. The normalized spacial score (nSPS) is 10.4. The Labute approximate surface area is 163 Å². The van der Waals surface area contributed by atoms with Crippen molar-refractivity contribution in [1.82, 2.24) is 14.8 Å². The second-order valence-electron chi connectivity index (χ2n) is 6.22. The van der Waals surface area contributed by atoms with Gasteiger partial charge in [0.2, 0.25) is 0 Å². The lowest BCUT2D eigenvalue weighted by atomic mass is 10.1. The summed E-state index contributed by atoms with van der Waals surface area (Å²) in [5.74, 6) is 6.84. The Hall–Kier alpha value is -3.52. The number of hydrogen-bond acceptors (Lipinski definition) is 5. The first-order chi connectivity index (χ1) is 13.5. The zero-order chi connectivity index (χ0) is 20.1. The van der Waals surface area contributed by atoms with E-state index in [0.717, 1.165) is 27.6 Å². The molecule has 0 saturated heterocycles. The molecule has 0 aliphatic carbocycles. The van der Waals surface area contributed by atoms with Crippen LogP contribution in [0.15, 0.2) is 54.9 Å². The van der Waals surface area contributed by atoms with Crippen LogP contribution in [0.1, 0.15) is 11.1 Å². The number of nitrogens with one attached hydrogen (secondary N) is 1. The van der Waals surface area contributed by atoms with Gasteiger partial charge >= 0.3 is 6.03 Å². The summed E-state index contributed by atoms with van der Waals surface area (Å²) in [6, 6.07) is 12.6. The zero-order valence-corrected chi connectivity index (χ0v) is 16.0. The van der Waals surface area contributed by atoms with Crippen LogP contribution in [0.2, 0.25) is 0 Å². The minimum absolute atomic E-state index is 0.218. The number of nitrogens with zero attached hydrogens (tertiary/aromatic N) is 3. The topological polar surface area (TPSA) is 94.6 Å². The minimum atomic E-state index is -0.436. The second kappa shape index (κ2) is 8.45. The number of hydrogen-bond donors (Lipinski definition) is 2. The van der Waals surface area contributed by atoms with Crippen molar-refractivity contribution in [3.63, 3.8) is 0 Å². The summed E-state index contributed by atoms with van der Waals surface area (Å²) < 4.78 is 13.2. The quantitative estimate of drug-likeness (QED) is 0.389. The maximum Gasteiger partial charge on any atom is 0.335 e. The highest BCUT2D eigenvalue weighted by molar-refractivity contribution is 5.90. The Morgan fingerprint density at radius 2 is 2.07 bits per heavy atom. The third-order valence-electron chi connectivity index (χ3n) is 4.21. The van der Waals surface area contributed by atoms with Crippen LogP contribution in [0.4, 0.5) is 10.5 Å². The molecular weight excluding hydrogens is 358 g/mol. The average Bonchev–Trinajstić information content (AvgIpc) is 3.22. The van der Waals surface area contributed by atoms with Gasteiger partial charge in [-0.25, -0.2) is 15.3 Å². The first-order valence-electron chi connectivity index (χ1n) is 8.68. The zero-order valence-electron chi connectivity index (χ0n) is 16.0. The van der Waals surface area contributed by atoms with Gasteiger partial charge in [0.1, 0.15) is 18.1 Å². The number of amides is 2. The number of aromatic nitrogens is 2. The molecule has 0 atom stereocenters. The molecule has 0 aliphatic heterocycles. The fourth-order valence-electron chi connectivity index (χ4n) is 2.74. The maximum absolute atomic E-state index is 11.9. The molecular formula is C20H23N5O3. The number of carbonyl (C=O) groups is 1. The van der Waals surface area contributed by atoms with Gasteiger partial charge < -0.3 is 14.8 Å². The lowest BCUT2D eigenvalue weighted by molar-refractivity contribution is 0.223. The molecule has 8 heteroatoms. The Morgan fingerprint density at radius 3 is 2.71 bits per heavy atom. The Bertz CT molecular complexity index is 954. The standard InChI is InChI=1S/C20H23N5O3/c1-14-12-15(25-11-5-10-22-25)8-9-18(14)28-13-16-17(23-20(26)24(2)21)6-4-7-19(16)27-3/h4-12H,13,21H2,1-3H3,(H,23,26). The second-order valence-corrected chi connectivity index (χ2v) is 6.22. The van der Waals surface area contributed by atoms with Crippen molar-refractivity contribution in [1.29, 1.82) is 0 Å². The van der Waals surface area contributed by atoms with Crippen LogP contribution in [0.5, 0.6) is 11.5 Å². The third-order valence-corrected chi connectivity index (χ3v) is 4.21. The molecule has 0 aliphatic rings. The Balaban J connectivity index is 1.81. The molecule has 0 unspecified atom stereocenters. The van der Waals surface area contributed by atoms with Crippen molar-refractivity contribution in [2.75, 3.05) is 19.5 Å². The highest BCUT2D eigenvalue weighted by Crippen LogP contribution is 2.29. The van der Waals surface area contributed by atoms with Crippen LogP contribution in [-0.4, -0.2) is 35.0 Å². The van der Waals surface area contributed by atoms with Gasteiger partial charge in [0, 0.05) is 19.4 Å². The van der Waals surface area contributed by atoms with Crippen molar-refractivity contribution in [2.45, 2.75) is 13.5 Å². The molecule has 0 saturated carbocycles. The fraction of sp³-hybridized carbons (Fsp3) is 0.200. The molecule has 8 nitrogen and oxygen atoms in total. The van der Waals surface area contributed by atoms with E-state index in [1.54, 1.807) is 30.1 Å². The Kier molecular flexibility index (Phi) is 5.81. The third kappa shape index (κ3) is 4.24. The van der Waals surface area contributed by atoms with Gasteiger partial charge in [-0.1, -0.05) is 6.07 Å². The Morgan fingerprint density at radius 1 is 1.25 bits per heavy atom. The molecule has 28 heavy (non-hydrogen) atoms. The number of rotatable bonds is 6. The van der Waals surface area contributed by atoms with Gasteiger partial charge in [0.15, 0.2) is 0 Å². The van der Waals surface area contributed by atoms with E-state index in [2.05, 4.69) is 10.4 Å². The van der Waals surface area contributed by atoms with Crippen LogP contribution >= 0.6 is 0 Å². The van der Waals surface area contributed by atoms with Crippen LogP contribution in [0, 0.1) is 6.92 Å². The van der Waals surface area contributed by atoms with Crippen molar-refractivity contribution < 1.29 is 14.3 Å². The predicted octanol–water partition coefficient (Wildman–Crippen LogP) is 3.11. The molecule has 146 valence electrons. The van der Waals surface area contributed by atoms with Crippen molar-refractivity contribution in [3.05, 3.63) is 66.0 Å². The molecule has 0 bridgehead atoms. The summed E-state index contributed by atoms with van der Waals surface area (Å²) in [5, 5.41) is 7.96. The lowest BCUT2D eigenvalue weighted by Gasteiger charge is -2.18. The number of nitrogens with two attached hydrogens (primary N) is 1. The molecule has 2 amide bonds. The van der Waals surface area contributed by atoms with Gasteiger partial charge in [0.05, 0.1) is 24.0 Å². The largest absolute Gasteiger partial charge is 0.496 e. The van der Waals surface area contributed by atoms with E-state index in [-0.39, 0.29) is 6.61 Å². The number of benzene rings is 2. The van der Waals surface area contributed by atoms with Crippen LogP contribution in [0.3, 0.4) is 0 Å². The number of hydrazine groups is 1. The number of aryl methyl sites for hydroxylation is 1. The van der Waals surface area contributed by atoms with Gasteiger partial charge in [0.25, 0.3) is 0 Å². The van der Waals surface area contributed by atoms with Crippen LogP contribution in [-0.2, 0) is 6.61 Å². The smallest absolute Gasteiger partial charge is 0.335 e. The molecule has 3 rings (SSSR count). The van der Waals surface area contributed by atoms with E-state index in [1.165, 1.54) is 7.05 Å². The van der Waals surface area contributed by atoms with E-state index in [0.29, 0.717) is 11.4 Å². The number of carbonyl (C=O) groups excluding carboxylic acids is 1. The molecule has 2 aromatic carbocycles. The number of ether oxygens (including phenoxy) is 2. The SMILES string of the molecule is COc1cccc(NC(=O)N(C)N)c1COc1ccc(-n2cccn2)cc1C. The van der Waals surface area contributed by atoms with E-state index in [9.17, 15) is 4.79 Å². The highest BCUT2D eigenvalue weighted by atomic mass is 16.5. The number of urea groups is 1. The summed E-state index contributed by atoms with van der Waals surface area (Å²) in [6.07, 6.45) is 3.61. The molecule has 0 fully saturated rings. The molecule has 1 heterocycles. The van der Waals surface area contributed by atoms with Gasteiger partial charge in [-0.15, -0.1) is 0 Å². The van der Waals surface area contributed by atoms with Crippen molar-refractivity contribution >= 4 is 11.7 Å². The molecule has 3 N–H and O–H groups in total. The minimum Gasteiger partial charge on any atom is -0.496 e. The molecule has 0 spiro atoms. The van der Waals surface area contributed by atoms with E-state index in [4.69, 9.17) is 15.3 Å².